The fourth-order valence-corrected chi connectivity index (χ4v) is 4.95. The molecule has 0 radical (unpaired) electrons. The van der Waals surface area contributed by atoms with Gasteiger partial charge in [-0.15, -0.1) is 0 Å². The smallest absolute Gasteiger partial charge is 0.255 e. The van der Waals surface area contributed by atoms with Crippen LogP contribution in [0.3, 0.4) is 0 Å². The van der Waals surface area contributed by atoms with Crippen LogP contribution in [0.15, 0.2) is 109 Å². The summed E-state index contributed by atoms with van der Waals surface area (Å²) in [4.78, 5) is 33.8. The lowest BCUT2D eigenvalue weighted by Crippen LogP contribution is -2.13. The zero-order valence-electron chi connectivity index (χ0n) is 22.9. The van der Waals surface area contributed by atoms with Crippen molar-refractivity contribution in [2.24, 2.45) is 7.05 Å². The van der Waals surface area contributed by atoms with Crippen molar-refractivity contribution in [3.63, 3.8) is 0 Å². The number of benzene rings is 3. The van der Waals surface area contributed by atoms with E-state index in [9.17, 15) is 14.0 Å². The lowest BCUT2D eigenvalue weighted by molar-refractivity contribution is -0.111. The third kappa shape index (κ3) is 6.39. The fourth-order valence-electron chi connectivity index (χ4n) is 4.40. The zero-order valence-corrected chi connectivity index (χ0v) is 23.7. The molecule has 42 heavy (non-hydrogen) atoms. The number of hydrogen-bond donors (Lipinski definition) is 3. The number of imidazole rings is 1. The summed E-state index contributed by atoms with van der Waals surface area (Å²) in [6.45, 7) is 3.44. The first kappa shape index (κ1) is 28.3. The maximum absolute atomic E-state index is 13.6. The van der Waals surface area contributed by atoms with Crippen LogP contribution in [0, 0.1) is 5.82 Å². The molecule has 0 fully saturated rings. The minimum atomic E-state index is -0.358. The Labute approximate surface area is 246 Å². The van der Waals surface area contributed by atoms with E-state index >= 15 is 0 Å². The van der Waals surface area contributed by atoms with Crippen LogP contribution in [0.2, 0.25) is 0 Å². The van der Waals surface area contributed by atoms with Gasteiger partial charge in [-0.3, -0.25) is 9.59 Å². The van der Waals surface area contributed by atoms with Crippen LogP contribution in [-0.4, -0.2) is 32.6 Å². The molecule has 5 rings (SSSR count). The summed E-state index contributed by atoms with van der Waals surface area (Å²) in [5.41, 5.74) is 5.51. The molecule has 2 heterocycles. The van der Waals surface area contributed by atoms with Crippen LogP contribution >= 0.6 is 11.8 Å². The van der Waals surface area contributed by atoms with Crippen molar-refractivity contribution in [2.75, 3.05) is 22.2 Å². The van der Waals surface area contributed by atoms with Crippen molar-refractivity contribution in [3.8, 4) is 22.5 Å². The first-order valence-corrected chi connectivity index (χ1v) is 14.1. The number of halogens is 1. The summed E-state index contributed by atoms with van der Waals surface area (Å²) in [5.74, 6) is -0.390. The largest absolute Gasteiger partial charge is 0.340 e. The van der Waals surface area contributed by atoms with E-state index in [4.69, 9.17) is 4.98 Å². The van der Waals surface area contributed by atoms with Crippen molar-refractivity contribution in [2.45, 2.75) is 5.16 Å². The number of anilines is 4. The quantitative estimate of drug-likeness (QED) is 0.127. The Morgan fingerprint density at radius 2 is 1.62 bits per heavy atom. The Balaban J connectivity index is 1.37. The van der Waals surface area contributed by atoms with Crippen molar-refractivity contribution in [1.29, 1.82) is 0 Å². The lowest BCUT2D eigenvalue weighted by atomic mass is 10.1. The van der Waals surface area contributed by atoms with Gasteiger partial charge in [0.15, 0.2) is 5.16 Å². The summed E-state index contributed by atoms with van der Waals surface area (Å²) in [6.07, 6.45) is 4.84. The Hall–Kier alpha value is -5.22. The van der Waals surface area contributed by atoms with Crippen LogP contribution < -0.4 is 16.0 Å². The third-order valence-electron chi connectivity index (χ3n) is 6.36. The van der Waals surface area contributed by atoms with Gasteiger partial charge in [-0.1, -0.05) is 30.5 Å². The molecular weight excluding hydrogens is 551 g/mol. The van der Waals surface area contributed by atoms with Gasteiger partial charge in [-0.2, -0.15) is 0 Å². The number of carbonyl (C=O) groups is 2. The molecule has 0 spiro atoms. The van der Waals surface area contributed by atoms with Gasteiger partial charge in [0.25, 0.3) is 5.91 Å². The van der Waals surface area contributed by atoms with Crippen LogP contribution in [-0.2, 0) is 11.8 Å². The number of pyridine rings is 1. The molecule has 210 valence electrons. The maximum atomic E-state index is 13.6. The second-order valence-electron chi connectivity index (χ2n) is 9.23. The Bertz CT molecular complexity index is 1780. The van der Waals surface area contributed by atoms with Crippen molar-refractivity contribution >= 4 is 46.5 Å². The molecule has 3 aromatic carbocycles. The molecule has 8 nitrogen and oxygen atoms in total. The standard InChI is InChI=1S/C32H27FN6O2S/c1-4-28(40)36-24-8-5-7-22(17-24)31(41)37-26-10-6-9-25(19-26)35-27-18-21(15-16-34-27)30-29(38-32(42-3)39(30)2)20-11-13-23(33)14-12-20/h4-19H,1H2,2-3H3,(H,34,35)(H,36,40)(H,37,41). The van der Waals surface area contributed by atoms with E-state index in [1.807, 2.05) is 42.1 Å². The van der Waals surface area contributed by atoms with Crippen LogP contribution in [0.4, 0.5) is 27.3 Å². The molecule has 0 bridgehead atoms. The SMILES string of the molecule is C=CC(=O)Nc1cccc(C(=O)Nc2cccc(Nc3cc(-c4c(-c5ccc(F)cc5)nc(SC)n4C)ccn3)c2)c1. The number of amides is 2. The Kier molecular flexibility index (Phi) is 8.44. The maximum Gasteiger partial charge on any atom is 0.255 e. The third-order valence-corrected chi connectivity index (χ3v) is 7.09. The van der Waals surface area contributed by atoms with E-state index in [-0.39, 0.29) is 17.6 Å². The minimum absolute atomic E-state index is 0.305. The van der Waals surface area contributed by atoms with Gasteiger partial charge >= 0.3 is 0 Å². The summed E-state index contributed by atoms with van der Waals surface area (Å²) >= 11 is 1.53. The van der Waals surface area contributed by atoms with Gasteiger partial charge in [0.1, 0.15) is 11.6 Å². The van der Waals surface area contributed by atoms with E-state index < -0.39 is 0 Å². The molecule has 0 aliphatic carbocycles. The van der Waals surface area contributed by atoms with E-state index in [1.165, 1.54) is 30.0 Å². The van der Waals surface area contributed by atoms with E-state index in [2.05, 4.69) is 27.5 Å². The molecule has 0 aliphatic heterocycles. The van der Waals surface area contributed by atoms with Gasteiger partial charge in [-0.05, 0) is 85.1 Å². The molecule has 0 saturated carbocycles. The highest BCUT2D eigenvalue weighted by atomic mass is 32.2. The Morgan fingerprint density at radius 3 is 2.36 bits per heavy atom. The van der Waals surface area contributed by atoms with Gasteiger partial charge in [0.2, 0.25) is 5.91 Å². The van der Waals surface area contributed by atoms with Gasteiger partial charge < -0.3 is 20.5 Å². The summed E-state index contributed by atoms with van der Waals surface area (Å²) in [7, 11) is 1.95. The molecule has 0 unspecified atom stereocenters. The first-order valence-electron chi connectivity index (χ1n) is 12.9. The van der Waals surface area contributed by atoms with E-state index in [1.54, 1.807) is 54.7 Å². The highest BCUT2D eigenvalue weighted by molar-refractivity contribution is 7.98. The second kappa shape index (κ2) is 12.5. The van der Waals surface area contributed by atoms with Crippen molar-refractivity contribution in [1.82, 2.24) is 14.5 Å². The average Bonchev–Trinajstić information content (AvgIpc) is 3.33. The van der Waals surface area contributed by atoms with Gasteiger partial charge in [0.05, 0.1) is 11.4 Å². The molecule has 2 aromatic heterocycles. The lowest BCUT2D eigenvalue weighted by Gasteiger charge is -2.12. The number of nitrogens with zero attached hydrogens (tertiary/aromatic N) is 3. The molecule has 3 N–H and O–H groups in total. The molecule has 0 atom stereocenters. The minimum Gasteiger partial charge on any atom is -0.340 e. The summed E-state index contributed by atoms with van der Waals surface area (Å²) < 4.78 is 15.6. The molecule has 2 amide bonds. The number of hydrogen-bond acceptors (Lipinski definition) is 6. The van der Waals surface area contributed by atoms with Crippen LogP contribution in [0.5, 0.6) is 0 Å². The number of nitrogens with one attached hydrogen (secondary N) is 3. The Morgan fingerprint density at radius 1 is 0.905 bits per heavy atom. The monoisotopic (exact) mass is 578 g/mol. The molecular formula is C32H27FN6O2S. The molecule has 5 aromatic rings. The predicted octanol–water partition coefficient (Wildman–Crippen LogP) is 7.13. The number of carbonyl (C=O) groups excluding carboxylic acids is 2. The van der Waals surface area contributed by atoms with Gasteiger partial charge in [0, 0.05) is 47.0 Å². The first-order chi connectivity index (χ1) is 20.3. The normalized spacial score (nSPS) is 10.6. The zero-order chi connectivity index (χ0) is 29.6. The summed E-state index contributed by atoms with van der Waals surface area (Å²) in [5, 5.41) is 9.67. The summed E-state index contributed by atoms with van der Waals surface area (Å²) in [6, 6.07) is 24.0. The number of aromatic nitrogens is 3. The average molecular weight is 579 g/mol. The molecule has 0 aliphatic rings. The fraction of sp³-hybridized carbons (Fsp3) is 0.0625. The number of thioether (sulfide) groups is 1. The van der Waals surface area contributed by atoms with Crippen LogP contribution in [0.25, 0.3) is 22.5 Å². The highest BCUT2D eigenvalue weighted by Crippen LogP contribution is 2.35. The van der Waals surface area contributed by atoms with E-state index in [0.29, 0.717) is 22.8 Å². The van der Waals surface area contributed by atoms with Crippen molar-refractivity contribution < 1.29 is 14.0 Å². The second-order valence-corrected chi connectivity index (χ2v) is 10.00. The number of rotatable bonds is 9. The predicted molar refractivity (Wildman–Crippen MR) is 167 cm³/mol. The van der Waals surface area contributed by atoms with E-state index in [0.717, 1.165) is 33.4 Å². The van der Waals surface area contributed by atoms with Crippen LogP contribution in [0.1, 0.15) is 10.4 Å². The molecule has 10 heteroatoms. The van der Waals surface area contributed by atoms with Gasteiger partial charge in [-0.25, -0.2) is 14.4 Å². The van der Waals surface area contributed by atoms with Crippen molar-refractivity contribution in [3.05, 3.63) is 115 Å². The topological polar surface area (TPSA) is 101 Å². The highest BCUT2D eigenvalue weighted by Gasteiger charge is 2.18. The molecule has 0 saturated heterocycles.